The van der Waals surface area contributed by atoms with Crippen molar-refractivity contribution < 1.29 is 14.3 Å². The van der Waals surface area contributed by atoms with E-state index in [1.54, 1.807) is 0 Å². The number of carbonyl (C=O) groups excluding carboxylic acids is 2. The summed E-state index contributed by atoms with van der Waals surface area (Å²) in [6.45, 7) is 6.10. The zero-order valence-electron chi connectivity index (χ0n) is 16.1. The van der Waals surface area contributed by atoms with Crippen molar-refractivity contribution in [2.24, 2.45) is 0 Å². The van der Waals surface area contributed by atoms with Crippen molar-refractivity contribution in [1.29, 1.82) is 0 Å². The maximum atomic E-state index is 13.0. The van der Waals surface area contributed by atoms with Gasteiger partial charge < -0.3 is 15.0 Å². The highest BCUT2D eigenvalue weighted by Gasteiger charge is 2.38. The van der Waals surface area contributed by atoms with Crippen molar-refractivity contribution in [3.8, 4) is 0 Å². The van der Waals surface area contributed by atoms with Crippen LogP contribution in [0, 0.1) is 6.92 Å². The van der Waals surface area contributed by atoms with E-state index in [-0.39, 0.29) is 17.4 Å². The Morgan fingerprint density at radius 1 is 1.22 bits per heavy atom. The van der Waals surface area contributed by atoms with E-state index in [9.17, 15) is 9.59 Å². The molecular weight excluding hydrogens is 342 g/mol. The lowest BCUT2D eigenvalue weighted by molar-refractivity contribution is -0.122. The second-order valence-corrected chi connectivity index (χ2v) is 8.12. The van der Waals surface area contributed by atoms with Gasteiger partial charge in [0.2, 0.25) is 11.8 Å². The first kappa shape index (κ1) is 18.4. The van der Waals surface area contributed by atoms with Gasteiger partial charge in [0.15, 0.2) is 0 Å². The van der Waals surface area contributed by atoms with E-state index in [0.717, 1.165) is 51.0 Å². The Hall–Kier alpha value is -1.92. The SMILES string of the molecule is Cc1ccc2c(c1)CCCN2C(=O)CN1CCC2(CC1)CNC(=O)CCO2. The minimum absolute atomic E-state index is 0.0727. The van der Waals surface area contributed by atoms with Crippen LogP contribution >= 0.6 is 0 Å². The number of fused-ring (bicyclic) bond motifs is 1. The maximum absolute atomic E-state index is 13.0. The van der Waals surface area contributed by atoms with Crippen LogP contribution in [0.1, 0.15) is 36.8 Å². The Bertz CT molecular complexity index is 725. The van der Waals surface area contributed by atoms with Crippen molar-refractivity contribution in [3.63, 3.8) is 0 Å². The lowest BCUT2D eigenvalue weighted by Crippen LogP contribution is -2.53. The molecule has 3 heterocycles. The fraction of sp³-hybridized carbons (Fsp3) is 0.619. The first-order chi connectivity index (χ1) is 13.0. The number of hydrogen-bond acceptors (Lipinski definition) is 4. The van der Waals surface area contributed by atoms with Crippen LogP contribution in [0.15, 0.2) is 18.2 Å². The topological polar surface area (TPSA) is 61.9 Å². The number of benzene rings is 1. The van der Waals surface area contributed by atoms with Crippen LogP contribution in [0.2, 0.25) is 0 Å². The molecule has 0 aromatic heterocycles. The highest BCUT2D eigenvalue weighted by Crippen LogP contribution is 2.30. The highest BCUT2D eigenvalue weighted by atomic mass is 16.5. The summed E-state index contributed by atoms with van der Waals surface area (Å²) in [7, 11) is 0. The number of rotatable bonds is 2. The fourth-order valence-electron chi connectivity index (χ4n) is 4.46. The number of amides is 2. The normalized spacial score (nSPS) is 22.9. The third-order valence-corrected chi connectivity index (χ3v) is 6.13. The standard InChI is InChI=1S/C21H29N3O3/c1-16-4-5-18-17(13-16)3-2-9-24(18)20(26)14-23-10-7-21(8-11-23)15-22-19(25)6-12-27-21/h4-5,13H,2-3,6-12,14-15H2,1H3,(H,22,25). The van der Waals surface area contributed by atoms with Crippen LogP contribution in [0.25, 0.3) is 0 Å². The summed E-state index contributed by atoms with van der Waals surface area (Å²) < 4.78 is 6.02. The van der Waals surface area contributed by atoms with E-state index in [0.29, 0.717) is 26.1 Å². The number of nitrogens with one attached hydrogen (secondary N) is 1. The zero-order chi connectivity index (χ0) is 18.9. The molecule has 6 nitrogen and oxygen atoms in total. The molecule has 0 saturated carbocycles. The number of piperidine rings is 1. The van der Waals surface area contributed by atoms with Gasteiger partial charge in [-0.05, 0) is 44.2 Å². The molecule has 0 radical (unpaired) electrons. The van der Waals surface area contributed by atoms with E-state index >= 15 is 0 Å². The van der Waals surface area contributed by atoms with Crippen molar-refractivity contribution in [2.45, 2.75) is 44.6 Å². The van der Waals surface area contributed by atoms with Gasteiger partial charge in [-0.3, -0.25) is 14.5 Å². The zero-order valence-corrected chi connectivity index (χ0v) is 16.1. The first-order valence-electron chi connectivity index (χ1n) is 10.1. The third-order valence-electron chi connectivity index (χ3n) is 6.13. The first-order valence-corrected chi connectivity index (χ1v) is 10.1. The summed E-state index contributed by atoms with van der Waals surface area (Å²) in [5.74, 6) is 0.259. The summed E-state index contributed by atoms with van der Waals surface area (Å²) >= 11 is 0. The average Bonchev–Trinajstić information content (AvgIpc) is 2.85. The van der Waals surface area contributed by atoms with Crippen LogP contribution in [-0.2, 0) is 20.7 Å². The predicted molar refractivity (Wildman–Crippen MR) is 104 cm³/mol. The van der Waals surface area contributed by atoms with E-state index in [4.69, 9.17) is 4.74 Å². The van der Waals surface area contributed by atoms with Crippen molar-refractivity contribution in [3.05, 3.63) is 29.3 Å². The molecule has 3 aliphatic heterocycles. The molecule has 1 N–H and O–H groups in total. The minimum atomic E-state index is -0.249. The maximum Gasteiger partial charge on any atom is 0.241 e. The van der Waals surface area contributed by atoms with Gasteiger partial charge in [-0.15, -0.1) is 0 Å². The number of anilines is 1. The number of carbonyl (C=O) groups is 2. The van der Waals surface area contributed by atoms with Crippen LogP contribution in [0.5, 0.6) is 0 Å². The number of hydrogen-bond donors (Lipinski definition) is 1. The molecule has 3 aliphatic rings. The number of aryl methyl sites for hydroxylation is 2. The molecule has 0 unspecified atom stereocenters. The molecule has 0 aliphatic carbocycles. The second-order valence-electron chi connectivity index (χ2n) is 8.12. The fourth-order valence-corrected chi connectivity index (χ4v) is 4.46. The van der Waals surface area contributed by atoms with E-state index in [1.807, 2.05) is 4.90 Å². The Kier molecular flexibility index (Phi) is 5.19. The van der Waals surface area contributed by atoms with Crippen LogP contribution in [-0.4, -0.2) is 61.6 Å². The quantitative estimate of drug-likeness (QED) is 0.859. The molecule has 2 saturated heterocycles. The molecule has 2 amide bonds. The Morgan fingerprint density at radius 3 is 2.85 bits per heavy atom. The van der Waals surface area contributed by atoms with Crippen LogP contribution in [0.4, 0.5) is 5.69 Å². The van der Waals surface area contributed by atoms with Crippen molar-refractivity contribution in [1.82, 2.24) is 10.2 Å². The molecule has 2 fully saturated rings. The molecule has 146 valence electrons. The van der Waals surface area contributed by atoms with Gasteiger partial charge in [-0.25, -0.2) is 0 Å². The molecular formula is C21H29N3O3. The van der Waals surface area contributed by atoms with E-state index in [2.05, 4.69) is 35.3 Å². The number of nitrogens with zero attached hydrogens (tertiary/aromatic N) is 2. The Morgan fingerprint density at radius 2 is 2.04 bits per heavy atom. The molecule has 4 rings (SSSR count). The second kappa shape index (κ2) is 7.60. The van der Waals surface area contributed by atoms with E-state index < -0.39 is 0 Å². The van der Waals surface area contributed by atoms with Crippen LogP contribution in [0.3, 0.4) is 0 Å². The Balaban J connectivity index is 1.36. The smallest absolute Gasteiger partial charge is 0.241 e. The summed E-state index contributed by atoms with van der Waals surface area (Å²) in [4.78, 5) is 28.7. The van der Waals surface area contributed by atoms with Gasteiger partial charge in [0.1, 0.15) is 0 Å². The predicted octanol–water partition coefficient (Wildman–Crippen LogP) is 1.65. The molecule has 1 spiro atoms. The van der Waals surface area contributed by atoms with Gasteiger partial charge in [-0.1, -0.05) is 17.7 Å². The molecule has 27 heavy (non-hydrogen) atoms. The van der Waals surface area contributed by atoms with Gasteiger partial charge in [0.05, 0.1) is 18.8 Å². The monoisotopic (exact) mass is 371 g/mol. The Labute approximate surface area is 160 Å². The molecule has 0 bridgehead atoms. The molecule has 1 aromatic rings. The minimum Gasteiger partial charge on any atom is -0.373 e. The molecule has 0 atom stereocenters. The molecule has 6 heteroatoms. The van der Waals surface area contributed by atoms with Gasteiger partial charge in [0, 0.05) is 38.3 Å². The van der Waals surface area contributed by atoms with Crippen molar-refractivity contribution in [2.75, 3.05) is 44.2 Å². The largest absolute Gasteiger partial charge is 0.373 e. The number of ether oxygens (including phenoxy) is 1. The molecule has 1 aromatic carbocycles. The number of likely N-dealkylation sites (tertiary alicyclic amines) is 1. The third kappa shape index (κ3) is 4.01. The highest BCUT2D eigenvalue weighted by molar-refractivity contribution is 5.96. The van der Waals surface area contributed by atoms with Gasteiger partial charge in [-0.2, -0.15) is 0 Å². The van der Waals surface area contributed by atoms with Gasteiger partial charge in [0.25, 0.3) is 0 Å². The van der Waals surface area contributed by atoms with E-state index in [1.165, 1.54) is 11.1 Å². The summed E-state index contributed by atoms with van der Waals surface area (Å²) in [5, 5.41) is 2.97. The van der Waals surface area contributed by atoms with Crippen molar-refractivity contribution >= 4 is 17.5 Å². The lowest BCUT2D eigenvalue weighted by Gasteiger charge is -2.41. The summed E-state index contributed by atoms with van der Waals surface area (Å²) in [6.07, 6.45) is 4.24. The summed E-state index contributed by atoms with van der Waals surface area (Å²) in [5.41, 5.74) is 3.37. The lowest BCUT2D eigenvalue weighted by atomic mass is 9.91. The van der Waals surface area contributed by atoms with Crippen LogP contribution < -0.4 is 10.2 Å². The summed E-state index contributed by atoms with van der Waals surface area (Å²) in [6, 6.07) is 6.39. The average molecular weight is 371 g/mol. The van der Waals surface area contributed by atoms with Gasteiger partial charge >= 0.3 is 0 Å².